The largest absolute Gasteiger partial charge is 0.308 e. The van der Waals surface area contributed by atoms with Gasteiger partial charge >= 0.3 is 0 Å². The van der Waals surface area contributed by atoms with Gasteiger partial charge in [-0.3, -0.25) is 4.98 Å². The van der Waals surface area contributed by atoms with E-state index in [9.17, 15) is 0 Å². The van der Waals surface area contributed by atoms with Crippen molar-refractivity contribution in [1.82, 2.24) is 15.2 Å². The molecular formula is C15H27N3. The predicted octanol–water partition coefficient (Wildman–Crippen LogP) is 2.81. The Labute approximate surface area is 112 Å². The van der Waals surface area contributed by atoms with E-state index in [4.69, 9.17) is 0 Å². The molecule has 0 radical (unpaired) electrons. The van der Waals surface area contributed by atoms with Gasteiger partial charge < -0.3 is 10.2 Å². The number of aromatic nitrogens is 1. The van der Waals surface area contributed by atoms with Crippen LogP contribution in [0.1, 0.15) is 45.4 Å². The first kappa shape index (κ1) is 15.1. The number of hydrogen-bond acceptors (Lipinski definition) is 3. The van der Waals surface area contributed by atoms with Crippen LogP contribution in [-0.4, -0.2) is 29.0 Å². The number of pyridine rings is 1. The summed E-state index contributed by atoms with van der Waals surface area (Å²) in [5, 5.41) is 3.47. The minimum Gasteiger partial charge on any atom is -0.308 e. The first-order valence-corrected chi connectivity index (χ1v) is 6.78. The second kappa shape index (κ2) is 6.86. The molecule has 0 aliphatic carbocycles. The topological polar surface area (TPSA) is 28.2 Å². The van der Waals surface area contributed by atoms with Crippen LogP contribution in [0.25, 0.3) is 0 Å². The van der Waals surface area contributed by atoms with Crippen molar-refractivity contribution in [3.05, 3.63) is 29.6 Å². The van der Waals surface area contributed by atoms with E-state index in [0.717, 1.165) is 25.3 Å². The molecule has 1 rings (SSSR count). The summed E-state index contributed by atoms with van der Waals surface area (Å²) in [5.41, 5.74) is 2.54. The molecule has 0 aromatic carbocycles. The Morgan fingerprint density at radius 3 is 2.50 bits per heavy atom. The fraction of sp³-hybridized carbons (Fsp3) is 0.667. The van der Waals surface area contributed by atoms with Gasteiger partial charge in [0, 0.05) is 24.8 Å². The molecule has 1 heterocycles. The Hall–Kier alpha value is -0.930. The van der Waals surface area contributed by atoms with Crippen molar-refractivity contribution in [1.29, 1.82) is 0 Å². The smallest absolute Gasteiger partial charge is 0.0544 e. The van der Waals surface area contributed by atoms with Crippen molar-refractivity contribution in [2.45, 2.75) is 52.7 Å². The average molecular weight is 249 g/mol. The molecule has 0 aliphatic heterocycles. The lowest BCUT2D eigenvalue weighted by Gasteiger charge is -2.20. The molecular weight excluding hydrogens is 222 g/mol. The summed E-state index contributed by atoms with van der Waals surface area (Å²) in [4.78, 5) is 6.82. The van der Waals surface area contributed by atoms with Crippen LogP contribution >= 0.6 is 0 Å². The van der Waals surface area contributed by atoms with Crippen LogP contribution in [0.5, 0.6) is 0 Å². The first-order chi connectivity index (χ1) is 8.40. The summed E-state index contributed by atoms with van der Waals surface area (Å²) >= 11 is 0. The molecule has 0 fully saturated rings. The van der Waals surface area contributed by atoms with Crippen molar-refractivity contribution in [3.8, 4) is 0 Å². The third-order valence-corrected chi connectivity index (χ3v) is 2.75. The fourth-order valence-electron chi connectivity index (χ4n) is 1.76. The van der Waals surface area contributed by atoms with E-state index in [-0.39, 0.29) is 5.54 Å². The Bertz CT molecular complexity index is 338. The van der Waals surface area contributed by atoms with Crippen molar-refractivity contribution < 1.29 is 0 Å². The molecule has 1 N–H and O–H groups in total. The van der Waals surface area contributed by atoms with Gasteiger partial charge in [-0.1, -0.05) is 13.0 Å². The summed E-state index contributed by atoms with van der Waals surface area (Å²) < 4.78 is 0. The number of rotatable bonds is 6. The Morgan fingerprint density at radius 2 is 2.00 bits per heavy atom. The third kappa shape index (κ3) is 6.12. The highest BCUT2D eigenvalue weighted by atomic mass is 15.1. The monoisotopic (exact) mass is 249 g/mol. The van der Waals surface area contributed by atoms with E-state index in [0.29, 0.717) is 0 Å². The van der Waals surface area contributed by atoms with Gasteiger partial charge in [0.2, 0.25) is 0 Å². The lowest BCUT2D eigenvalue weighted by Crippen LogP contribution is -2.35. The van der Waals surface area contributed by atoms with Gasteiger partial charge in [-0.2, -0.15) is 0 Å². The predicted molar refractivity (Wildman–Crippen MR) is 77.5 cm³/mol. The van der Waals surface area contributed by atoms with Gasteiger partial charge in [0.15, 0.2) is 0 Å². The summed E-state index contributed by atoms with van der Waals surface area (Å²) in [6.07, 6.45) is 3.16. The molecule has 0 bridgehead atoms. The number of nitrogens with one attached hydrogen (secondary N) is 1. The number of hydrogen-bond donors (Lipinski definition) is 1. The maximum Gasteiger partial charge on any atom is 0.0544 e. The normalized spacial score (nSPS) is 12.1. The van der Waals surface area contributed by atoms with Crippen molar-refractivity contribution >= 4 is 0 Å². The second-order valence-electron chi connectivity index (χ2n) is 6.00. The molecule has 102 valence electrons. The molecule has 1 aromatic heterocycles. The Kier molecular flexibility index (Phi) is 5.76. The molecule has 3 heteroatoms. The number of nitrogens with zero attached hydrogens (tertiary/aromatic N) is 2. The average Bonchev–Trinajstić information content (AvgIpc) is 2.27. The molecule has 0 aliphatic rings. The molecule has 0 unspecified atom stereocenters. The zero-order chi connectivity index (χ0) is 13.6. The zero-order valence-corrected chi connectivity index (χ0v) is 12.5. The van der Waals surface area contributed by atoms with Crippen LogP contribution in [0.4, 0.5) is 0 Å². The quantitative estimate of drug-likeness (QED) is 0.840. The van der Waals surface area contributed by atoms with Crippen LogP contribution in [-0.2, 0) is 13.1 Å². The van der Waals surface area contributed by atoms with Crippen molar-refractivity contribution in [2.75, 3.05) is 13.6 Å². The molecule has 0 amide bonds. The standard InChI is InChI=1S/C15H27N3/c1-6-9-18(5)12-14-8-7-13(10-16-14)11-17-15(2,3)4/h7-8,10,17H,6,9,11-12H2,1-5H3. The Morgan fingerprint density at radius 1 is 1.28 bits per heavy atom. The van der Waals surface area contributed by atoms with Crippen LogP contribution in [0.15, 0.2) is 18.3 Å². The highest BCUT2D eigenvalue weighted by Crippen LogP contribution is 2.06. The van der Waals surface area contributed by atoms with E-state index in [2.05, 4.69) is 62.1 Å². The second-order valence-corrected chi connectivity index (χ2v) is 6.00. The van der Waals surface area contributed by atoms with Gasteiger partial charge in [-0.25, -0.2) is 0 Å². The molecule has 18 heavy (non-hydrogen) atoms. The van der Waals surface area contributed by atoms with Crippen LogP contribution in [0.3, 0.4) is 0 Å². The maximum atomic E-state index is 4.52. The molecule has 0 atom stereocenters. The highest BCUT2D eigenvalue weighted by molar-refractivity contribution is 5.14. The van der Waals surface area contributed by atoms with Gasteiger partial charge in [-0.15, -0.1) is 0 Å². The summed E-state index contributed by atoms with van der Waals surface area (Å²) in [7, 11) is 2.14. The summed E-state index contributed by atoms with van der Waals surface area (Å²) in [5.74, 6) is 0. The molecule has 0 spiro atoms. The van der Waals surface area contributed by atoms with E-state index in [1.165, 1.54) is 12.0 Å². The zero-order valence-electron chi connectivity index (χ0n) is 12.5. The van der Waals surface area contributed by atoms with Gasteiger partial charge in [0.25, 0.3) is 0 Å². The van der Waals surface area contributed by atoms with Crippen LogP contribution in [0, 0.1) is 0 Å². The van der Waals surface area contributed by atoms with Crippen LogP contribution in [0.2, 0.25) is 0 Å². The van der Waals surface area contributed by atoms with E-state index >= 15 is 0 Å². The fourth-order valence-corrected chi connectivity index (χ4v) is 1.76. The SMILES string of the molecule is CCCN(C)Cc1ccc(CNC(C)(C)C)cn1. The molecule has 0 saturated heterocycles. The lowest BCUT2D eigenvalue weighted by molar-refractivity contribution is 0.323. The van der Waals surface area contributed by atoms with E-state index in [1.54, 1.807) is 0 Å². The van der Waals surface area contributed by atoms with Crippen LogP contribution < -0.4 is 5.32 Å². The van der Waals surface area contributed by atoms with Crippen molar-refractivity contribution in [2.24, 2.45) is 0 Å². The first-order valence-electron chi connectivity index (χ1n) is 6.78. The van der Waals surface area contributed by atoms with E-state index in [1.807, 2.05) is 6.20 Å². The third-order valence-electron chi connectivity index (χ3n) is 2.75. The maximum absolute atomic E-state index is 4.52. The lowest BCUT2D eigenvalue weighted by atomic mass is 10.1. The highest BCUT2D eigenvalue weighted by Gasteiger charge is 2.08. The summed E-state index contributed by atoms with van der Waals surface area (Å²) in [6, 6.07) is 4.30. The van der Waals surface area contributed by atoms with Gasteiger partial charge in [-0.05, 0) is 52.4 Å². The van der Waals surface area contributed by atoms with Gasteiger partial charge in [0.05, 0.1) is 5.69 Å². The minimum absolute atomic E-state index is 0.153. The van der Waals surface area contributed by atoms with E-state index < -0.39 is 0 Å². The molecule has 3 nitrogen and oxygen atoms in total. The van der Waals surface area contributed by atoms with Gasteiger partial charge in [0.1, 0.15) is 0 Å². The molecule has 1 aromatic rings. The van der Waals surface area contributed by atoms with Crippen molar-refractivity contribution in [3.63, 3.8) is 0 Å². The minimum atomic E-state index is 0.153. The summed E-state index contributed by atoms with van der Waals surface area (Å²) in [6.45, 7) is 11.7. The molecule has 0 saturated carbocycles. The Balaban J connectivity index is 2.47.